The number of fused-ring (bicyclic) bond motifs is 1. The highest BCUT2D eigenvalue weighted by atomic mass is 15.3. The van der Waals surface area contributed by atoms with Crippen LogP contribution in [0.1, 0.15) is 24.5 Å². The number of rotatable bonds is 2. The molecule has 0 saturated heterocycles. The van der Waals surface area contributed by atoms with Gasteiger partial charge in [-0.1, -0.05) is 0 Å². The highest BCUT2D eigenvalue weighted by Gasteiger charge is 2.15. The Bertz CT molecular complexity index is 290. The van der Waals surface area contributed by atoms with Crippen LogP contribution in [0.3, 0.4) is 0 Å². The fourth-order valence-corrected chi connectivity index (χ4v) is 1.77. The number of hydrogen-bond donors (Lipinski definition) is 0. The maximum Gasteiger partial charge on any atom is 0.147 e. The highest BCUT2D eigenvalue weighted by molar-refractivity contribution is 4.98. The van der Waals surface area contributed by atoms with E-state index < -0.39 is 0 Å². The fourth-order valence-electron chi connectivity index (χ4n) is 1.77. The Kier molecular flexibility index (Phi) is 2.31. The van der Waals surface area contributed by atoms with E-state index in [0.29, 0.717) is 0 Å². The molecular formula is C9H16N4. The van der Waals surface area contributed by atoms with Gasteiger partial charge in [-0.05, 0) is 26.9 Å². The summed E-state index contributed by atoms with van der Waals surface area (Å²) in [5.74, 6) is 2.28. The zero-order valence-corrected chi connectivity index (χ0v) is 8.32. The molecule has 0 aromatic carbocycles. The predicted molar refractivity (Wildman–Crippen MR) is 50.4 cm³/mol. The van der Waals surface area contributed by atoms with Gasteiger partial charge in [-0.3, -0.25) is 0 Å². The van der Waals surface area contributed by atoms with Gasteiger partial charge in [0.15, 0.2) is 0 Å². The van der Waals surface area contributed by atoms with Crippen molar-refractivity contribution >= 4 is 0 Å². The average molecular weight is 180 g/mol. The summed E-state index contributed by atoms with van der Waals surface area (Å²) >= 11 is 0. The summed E-state index contributed by atoms with van der Waals surface area (Å²) in [6, 6.07) is 0. The van der Waals surface area contributed by atoms with Crippen molar-refractivity contribution in [2.75, 3.05) is 14.1 Å². The Morgan fingerprint density at radius 1 is 1.31 bits per heavy atom. The molecule has 72 valence electrons. The molecule has 2 rings (SSSR count). The van der Waals surface area contributed by atoms with Gasteiger partial charge in [0.25, 0.3) is 0 Å². The van der Waals surface area contributed by atoms with Crippen LogP contribution in [0.2, 0.25) is 0 Å². The summed E-state index contributed by atoms with van der Waals surface area (Å²) in [5.41, 5.74) is 0. The Balaban J connectivity index is 2.21. The first-order chi connectivity index (χ1) is 6.27. The molecule has 0 saturated carbocycles. The first-order valence-corrected chi connectivity index (χ1v) is 4.83. The van der Waals surface area contributed by atoms with Crippen molar-refractivity contribution in [2.45, 2.75) is 32.4 Å². The molecule has 4 heteroatoms. The molecule has 1 aliphatic rings. The second-order valence-corrected chi connectivity index (χ2v) is 3.88. The monoisotopic (exact) mass is 180 g/mol. The lowest BCUT2D eigenvalue weighted by Crippen LogP contribution is -2.18. The molecule has 0 bridgehead atoms. The van der Waals surface area contributed by atoms with E-state index in [0.717, 1.165) is 25.3 Å². The molecule has 0 atom stereocenters. The van der Waals surface area contributed by atoms with E-state index in [1.165, 1.54) is 18.7 Å². The van der Waals surface area contributed by atoms with Crippen molar-refractivity contribution in [1.29, 1.82) is 0 Å². The third-order valence-electron chi connectivity index (χ3n) is 2.39. The van der Waals surface area contributed by atoms with Crippen molar-refractivity contribution in [3.8, 4) is 0 Å². The second kappa shape index (κ2) is 3.46. The molecule has 0 aliphatic carbocycles. The van der Waals surface area contributed by atoms with Crippen LogP contribution in [0, 0.1) is 0 Å². The van der Waals surface area contributed by atoms with E-state index in [-0.39, 0.29) is 0 Å². The van der Waals surface area contributed by atoms with Gasteiger partial charge in [-0.2, -0.15) is 0 Å². The van der Waals surface area contributed by atoms with Crippen LogP contribution < -0.4 is 0 Å². The maximum atomic E-state index is 4.21. The molecule has 1 aliphatic heterocycles. The third kappa shape index (κ3) is 1.72. The van der Waals surface area contributed by atoms with Gasteiger partial charge >= 0.3 is 0 Å². The van der Waals surface area contributed by atoms with E-state index in [1.807, 2.05) is 0 Å². The highest BCUT2D eigenvalue weighted by Crippen LogP contribution is 2.14. The zero-order valence-electron chi connectivity index (χ0n) is 8.32. The first-order valence-electron chi connectivity index (χ1n) is 4.83. The van der Waals surface area contributed by atoms with Crippen LogP contribution in [-0.4, -0.2) is 33.8 Å². The quantitative estimate of drug-likeness (QED) is 0.671. The van der Waals surface area contributed by atoms with E-state index >= 15 is 0 Å². The second-order valence-electron chi connectivity index (χ2n) is 3.88. The molecule has 2 heterocycles. The number of hydrogen-bond acceptors (Lipinski definition) is 3. The fraction of sp³-hybridized carbons (Fsp3) is 0.778. The Morgan fingerprint density at radius 2 is 2.15 bits per heavy atom. The topological polar surface area (TPSA) is 34.0 Å². The number of aryl methyl sites for hydroxylation is 1. The molecule has 1 aromatic heterocycles. The van der Waals surface area contributed by atoms with E-state index in [2.05, 4.69) is 33.8 Å². The van der Waals surface area contributed by atoms with Crippen LogP contribution in [0.25, 0.3) is 0 Å². The molecule has 0 spiro atoms. The molecule has 0 fully saturated rings. The molecular weight excluding hydrogens is 164 g/mol. The van der Waals surface area contributed by atoms with Crippen molar-refractivity contribution in [1.82, 2.24) is 19.7 Å². The standard InChI is InChI=1S/C9H16N4/c1-12(2)7-9-11-10-8-5-3-4-6-13(8)9/h3-7H2,1-2H3. The van der Waals surface area contributed by atoms with E-state index in [4.69, 9.17) is 0 Å². The molecule has 13 heavy (non-hydrogen) atoms. The van der Waals surface area contributed by atoms with E-state index in [1.54, 1.807) is 0 Å². The van der Waals surface area contributed by atoms with Crippen molar-refractivity contribution in [3.05, 3.63) is 11.6 Å². The average Bonchev–Trinajstić information content (AvgIpc) is 2.48. The minimum absolute atomic E-state index is 0.896. The molecule has 0 radical (unpaired) electrons. The normalized spacial score (nSPS) is 16.2. The smallest absolute Gasteiger partial charge is 0.147 e. The summed E-state index contributed by atoms with van der Waals surface area (Å²) in [6.45, 7) is 2.00. The third-order valence-corrected chi connectivity index (χ3v) is 2.39. The molecule has 1 aromatic rings. The van der Waals surface area contributed by atoms with Gasteiger partial charge in [0, 0.05) is 13.0 Å². The van der Waals surface area contributed by atoms with E-state index in [9.17, 15) is 0 Å². The van der Waals surface area contributed by atoms with Gasteiger partial charge in [0.2, 0.25) is 0 Å². The Hall–Kier alpha value is -0.900. The minimum Gasteiger partial charge on any atom is -0.314 e. The number of nitrogens with zero attached hydrogens (tertiary/aromatic N) is 4. The van der Waals surface area contributed by atoms with Gasteiger partial charge in [0.1, 0.15) is 11.6 Å². The van der Waals surface area contributed by atoms with Gasteiger partial charge in [0.05, 0.1) is 6.54 Å². The van der Waals surface area contributed by atoms with Crippen molar-refractivity contribution < 1.29 is 0 Å². The SMILES string of the molecule is CN(C)Cc1nnc2n1CCCC2. The molecule has 0 N–H and O–H groups in total. The lowest BCUT2D eigenvalue weighted by molar-refractivity contribution is 0.373. The van der Waals surface area contributed by atoms with Gasteiger partial charge < -0.3 is 9.47 Å². The molecule has 4 nitrogen and oxygen atoms in total. The van der Waals surface area contributed by atoms with Gasteiger partial charge in [-0.25, -0.2) is 0 Å². The largest absolute Gasteiger partial charge is 0.314 e. The van der Waals surface area contributed by atoms with Gasteiger partial charge in [-0.15, -0.1) is 10.2 Å². The Morgan fingerprint density at radius 3 is 2.92 bits per heavy atom. The molecule has 0 unspecified atom stereocenters. The van der Waals surface area contributed by atoms with Crippen LogP contribution >= 0.6 is 0 Å². The van der Waals surface area contributed by atoms with Crippen LogP contribution in [-0.2, 0) is 19.5 Å². The van der Waals surface area contributed by atoms with Crippen LogP contribution in [0.5, 0.6) is 0 Å². The van der Waals surface area contributed by atoms with Crippen molar-refractivity contribution in [3.63, 3.8) is 0 Å². The lowest BCUT2D eigenvalue weighted by Gasteiger charge is -2.16. The zero-order chi connectivity index (χ0) is 9.26. The minimum atomic E-state index is 0.896. The summed E-state index contributed by atoms with van der Waals surface area (Å²) in [5, 5.41) is 8.41. The summed E-state index contributed by atoms with van der Waals surface area (Å²) < 4.78 is 2.27. The van der Waals surface area contributed by atoms with Crippen LogP contribution in [0.15, 0.2) is 0 Å². The summed E-state index contributed by atoms with van der Waals surface area (Å²) in [4.78, 5) is 2.13. The van der Waals surface area contributed by atoms with Crippen LogP contribution in [0.4, 0.5) is 0 Å². The Labute approximate surface area is 78.6 Å². The molecule has 0 amide bonds. The summed E-state index contributed by atoms with van der Waals surface area (Å²) in [6.07, 6.45) is 3.63. The number of aromatic nitrogens is 3. The summed E-state index contributed by atoms with van der Waals surface area (Å²) in [7, 11) is 4.12. The lowest BCUT2D eigenvalue weighted by atomic mass is 10.2. The van der Waals surface area contributed by atoms with Crippen molar-refractivity contribution in [2.24, 2.45) is 0 Å². The first kappa shape index (κ1) is 8.69. The predicted octanol–water partition coefficient (Wildman–Crippen LogP) is 0.676. The maximum absolute atomic E-state index is 4.21.